The molecule has 0 aromatic heterocycles. The summed E-state index contributed by atoms with van der Waals surface area (Å²) in [6, 6.07) is 7.43. The summed E-state index contributed by atoms with van der Waals surface area (Å²) >= 11 is 3.39. The Kier molecular flexibility index (Phi) is 4.29. The minimum atomic E-state index is -0.442. The third-order valence-electron chi connectivity index (χ3n) is 2.07. The third kappa shape index (κ3) is 3.64. The first kappa shape index (κ1) is 12.2. The summed E-state index contributed by atoms with van der Waals surface area (Å²) in [6.07, 6.45) is 0. The zero-order valence-corrected chi connectivity index (χ0v) is 10.5. The van der Waals surface area contributed by atoms with Gasteiger partial charge in [0.2, 0.25) is 5.91 Å². The molecule has 1 rings (SSSR count). The van der Waals surface area contributed by atoms with Crippen molar-refractivity contribution in [1.29, 1.82) is 0 Å². The Morgan fingerprint density at radius 3 is 2.80 bits per heavy atom. The van der Waals surface area contributed by atoms with Gasteiger partial charge in [0.1, 0.15) is 0 Å². The predicted molar refractivity (Wildman–Crippen MR) is 64.3 cm³/mol. The molecular weight excluding hydrogens is 256 g/mol. The van der Waals surface area contributed by atoms with Crippen LogP contribution in [0.25, 0.3) is 0 Å². The van der Waals surface area contributed by atoms with Crippen LogP contribution < -0.4 is 5.73 Å². The van der Waals surface area contributed by atoms with Crippen molar-refractivity contribution >= 4 is 21.8 Å². The van der Waals surface area contributed by atoms with E-state index in [1.54, 1.807) is 18.9 Å². The second-order valence-corrected chi connectivity index (χ2v) is 4.53. The van der Waals surface area contributed by atoms with E-state index in [4.69, 9.17) is 5.73 Å². The van der Waals surface area contributed by atoms with Crippen molar-refractivity contribution < 1.29 is 4.79 Å². The SMILES string of the molecule is C[C@@H](N)C(=O)N(C)Cc1cccc(Br)c1. The van der Waals surface area contributed by atoms with E-state index in [9.17, 15) is 4.79 Å². The van der Waals surface area contributed by atoms with Crippen molar-refractivity contribution in [3.8, 4) is 0 Å². The van der Waals surface area contributed by atoms with Crippen LogP contribution in [0.3, 0.4) is 0 Å². The van der Waals surface area contributed by atoms with Gasteiger partial charge < -0.3 is 10.6 Å². The average molecular weight is 271 g/mol. The summed E-state index contributed by atoms with van der Waals surface area (Å²) in [5, 5.41) is 0. The minimum Gasteiger partial charge on any atom is -0.340 e. The summed E-state index contributed by atoms with van der Waals surface area (Å²) in [4.78, 5) is 13.2. The average Bonchev–Trinajstić information content (AvgIpc) is 2.16. The lowest BCUT2D eigenvalue weighted by molar-refractivity contribution is -0.131. The van der Waals surface area contributed by atoms with Gasteiger partial charge in [-0.25, -0.2) is 0 Å². The maximum Gasteiger partial charge on any atom is 0.239 e. The molecule has 1 aromatic carbocycles. The Bertz CT molecular complexity index is 352. The first-order chi connectivity index (χ1) is 7.00. The lowest BCUT2D eigenvalue weighted by Gasteiger charge is -2.19. The molecule has 1 aromatic rings. The topological polar surface area (TPSA) is 46.3 Å². The molecule has 0 spiro atoms. The molecule has 3 nitrogen and oxygen atoms in total. The zero-order chi connectivity index (χ0) is 11.4. The van der Waals surface area contributed by atoms with Gasteiger partial charge in [-0.05, 0) is 24.6 Å². The standard InChI is InChI=1S/C11H15BrN2O/c1-8(13)11(15)14(2)7-9-4-3-5-10(12)6-9/h3-6,8H,7,13H2,1-2H3/t8-/m1/s1. The van der Waals surface area contributed by atoms with Gasteiger partial charge in [0.15, 0.2) is 0 Å². The predicted octanol–water partition coefficient (Wildman–Crippen LogP) is 1.75. The van der Waals surface area contributed by atoms with Crippen LogP contribution in [0.5, 0.6) is 0 Å². The van der Waals surface area contributed by atoms with Gasteiger partial charge in [-0.15, -0.1) is 0 Å². The largest absolute Gasteiger partial charge is 0.340 e. The van der Waals surface area contributed by atoms with Gasteiger partial charge >= 0.3 is 0 Å². The molecule has 1 amide bonds. The minimum absolute atomic E-state index is 0.0463. The molecule has 4 heteroatoms. The molecule has 0 saturated heterocycles. The summed E-state index contributed by atoms with van der Waals surface area (Å²) in [7, 11) is 1.76. The smallest absolute Gasteiger partial charge is 0.239 e. The fourth-order valence-corrected chi connectivity index (χ4v) is 1.78. The number of halogens is 1. The van der Waals surface area contributed by atoms with E-state index in [1.165, 1.54) is 0 Å². The van der Waals surface area contributed by atoms with Gasteiger partial charge in [0.05, 0.1) is 6.04 Å². The quantitative estimate of drug-likeness (QED) is 0.910. The highest BCUT2D eigenvalue weighted by atomic mass is 79.9. The van der Waals surface area contributed by atoms with Crippen molar-refractivity contribution in [3.63, 3.8) is 0 Å². The van der Waals surface area contributed by atoms with Crippen molar-refractivity contribution in [2.75, 3.05) is 7.05 Å². The van der Waals surface area contributed by atoms with Gasteiger partial charge in [0, 0.05) is 18.1 Å². The molecule has 0 bridgehead atoms. The molecular formula is C11H15BrN2O. The molecule has 0 unspecified atom stereocenters. The number of carbonyl (C=O) groups excluding carboxylic acids is 1. The first-order valence-corrected chi connectivity index (χ1v) is 5.55. The van der Waals surface area contributed by atoms with E-state index in [0.717, 1.165) is 10.0 Å². The van der Waals surface area contributed by atoms with Gasteiger partial charge in [-0.2, -0.15) is 0 Å². The Balaban J connectivity index is 2.66. The number of nitrogens with zero attached hydrogens (tertiary/aromatic N) is 1. The van der Waals surface area contributed by atoms with Crippen molar-refractivity contribution in [2.24, 2.45) is 5.73 Å². The van der Waals surface area contributed by atoms with Crippen LogP contribution in [0, 0.1) is 0 Å². The molecule has 0 aliphatic rings. The highest BCUT2D eigenvalue weighted by Crippen LogP contribution is 2.13. The second kappa shape index (κ2) is 5.28. The normalized spacial score (nSPS) is 12.3. The van der Waals surface area contributed by atoms with Crippen molar-refractivity contribution in [1.82, 2.24) is 4.90 Å². The van der Waals surface area contributed by atoms with Crippen LogP contribution in [-0.2, 0) is 11.3 Å². The lowest BCUT2D eigenvalue weighted by Crippen LogP contribution is -2.39. The van der Waals surface area contributed by atoms with Crippen LogP contribution in [0.1, 0.15) is 12.5 Å². The summed E-state index contributed by atoms with van der Waals surface area (Å²) in [6.45, 7) is 2.28. The molecule has 0 aliphatic heterocycles. The Morgan fingerprint density at radius 1 is 1.60 bits per heavy atom. The van der Waals surface area contributed by atoms with Crippen LogP contribution in [0.4, 0.5) is 0 Å². The number of likely N-dealkylation sites (N-methyl/N-ethyl adjacent to an activating group) is 1. The molecule has 1 atom stereocenters. The molecule has 0 saturated carbocycles. The number of carbonyl (C=O) groups is 1. The zero-order valence-electron chi connectivity index (χ0n) is 8.90. The molecule has 2 N–H and O–H groups in total. The van der Waals surface area contributed by atoms with Crippen LogP contribution in [0.2, 0.25) is 0 Å². The highest BCUT2D eigenvalue weighted by Gasteiger charge is 2.13. The first-order valence-electron chi connectivity index (χ1n) is 4.75. The van der Waals surface area contributed by atoms with E-state index in [-0.39, 0.29) is 5.91 Å². The van der Waals surface area contributed by atoms with Gasteiger partial charge in [-0.3, -0.25) is 4.79 Å². The Hall–Kier alpha value is -0.870. The van der Waals surface area contributed by atoms with Crippen molar-refractivity contribution in [2.45, 2.75) is 19.5 Å². The van der Waals surface area contributed by atoms with E-state index in [1.807, 2.05) is 24.3 Å². The molecule has 0 radical (unpaired) electrons. The maximum atomic E-state index is 11.5. The number of benzene rings is 1. The number of nitrogens with two attached hydrogens (primary N) is 1. The molecule has 0 fully saturated rings. The van der Waals surface area contributed by atoms with Crippen molar-refractivity contribution in [3.05, 3.63) is 34.3 Å². The number of hydrogen-bond donors (Lipinski definition) is 1. The fraction of sp³-hybridized carbons (Fsp3) is 0.364. The van der Waals surface area contributed by atoms with Gasteiger partial charge in [0.25, 0.3) is 0 Å². The molecule has 0 aliphatic carbocycles. The summed E-state index contributed by atoms with van der Waals surface area (Å²) in [5.41, 5.74) is 6.60. The Labute approximate surface area is 98.4 Å². The van der Waals surface area contributed by atoms with Crippen LogP contribution in [0.15, 0.2) is 28.7 Å². The van der Waals surface area contributed by atoms with Gasteiger partial charge in [-0.1, -0.05) is 28.1 Å². The van der Waals surface area contributed by atoms with Crippen LogP contribution >= 0.6 is 15.9 Å². The Morgan fingerprint density at radius 2 is 2.27 bits per heavy atom. The van der Waals surface area contributed by atoms with E-state index in [2.05, 4.69) is 15.9 Å². The molecule has 0 heterocycles. The van der Waals surface area contributed by atoms with E-state index < -0.39 is 6.04 Å². The second-order valence-electron chi connectivity index (χ2n) is 3.61. The molecule has 15 heavy (non-hydrogen) atoms. The fourth-order valence-electron chi connectivity index (χ4n) is 1.33. The van der Waals surface area contributed by atoms with E-state index >= 15 is 0 Å². The van der Waals surface area contributed by atoms with Crippen LogP contribution in [-0.4, -0.2) is 23.9 Å². The maximum absolute atomic E-state index is 11.5. The number of rotatable bonds is 3. The molecule has 82 valence electrons. The summed E-state index contributed by atoms with van der Waals surface area (Å²) < 4.78 is 1.02. The van der Waals surface area contributed by atoms with E-state index in [0.29, 0.717) is 6.54 Å². The monoisotopic (exact) mass is 270 g/mol. The third-order valence-corrected chi connectivity index (χ3v) is 2.57. The number of amides is 1. The number of hydrogen-bond acceptors (Lipinski definition) is 2. The highest BCUT2D eigenvalue weighted by molar-refractivity contribution is 9.10. The summed E-state index contributed by atoms with van der Waals surface area (Å²) in [5.74, 6) is -0.0463. The lowest BCUT2D eigenvalue weighted by atomic mass is 10.2.